The molecule has 1 aromatic carbocycles. The van der Waals surface area contributed by atoms with Crippen LogP contribution >= 0.6 is 0 Å². The molecule has 0 bridgehead atoms. The van der Waals surface area contributed by atoms with Gasteiger partial charge in [-0.2, -0.15) is 0 Å². The molecule has 1 aromatic rings. The molecule has 0 spiro atoms. The van der Waals surface area contributed by atoms with Gasteiger partial charge >= 0.3 is 11.9 Å². The second-order valence-electron chi connectivity index (χ2n) is 3.74. The highest BCUT2D eigenvalue weighted by Crippen LogP contribution is 2.14. The molecule has 0 aliphatic carbocycles. The normalized spacial score (nSPS) is 11.8. The maximum absolute atomic E-state index is 11.6. The fourth-order valence-electron chi connectivity index (χ4n) is 1.61. The molecule has 0 saturated carbocycles. The molecule has 0 heterocycles. The van der Waals surface area contributed by atoms with Crippen molar-refractivity contribution in [1.82, 2.24) is 0 Å². The molecule has 4 nitrogen and oxygen atoms in total. The van der Waals surface area contributed by atoms with E-state index in [-0.39, 0.29) is 13.0 Å². The molecule has 0 aliphatic heterocycles. The molecule has 4 heteroatoms. The summed E-state index contributed by atoms with van der Waals surface area (Å²) < 4.78 is 4.87. The standard InChI is InChI=1S/C13H16O4/c1-2-17-13(16)11(9-12(14)15)8-10-6-4-3-5-7-10/h3-7,11H,2,8-9H2,1H3,(H,14,15)/t11-/m1/s1. The highest BCUT2D eigenvalue weighted by atomic mass is 16.5. The second-order valence-corrected chi connectivity index (χ2v) is 3.74. The Bertz CT molecular complexity index is 372. The molecule has 0 fully saturated rings. The molecule has 0 saturated heterocycles. The Labute approximate surface area is 100 Å². The average Bonchev–Trinajstić information content (AvgIpc) is 2.29. The quantitative estimate of drug-likeness (QED) is 0.766. The third-order valence-electron chi connectivity index (χ3n) is 2.37. The Hall–Kier alpha value is -1.84. The number of carbonyl (C=O) groups is 2. The van der Waals surface area contributed by atoms with Gasteiger partial charge in [0.2, 0.25) is 0 Å². The highest BCUT2D eigenvalue weighted by molar-refractivity contribution is 5.79. The van der Waals surface area contributed by atoms with E-state index in [1.807, 2.05) is 30.3 Å². The van der Waals surface area contributed by atoms with Crippen LogP contribution in [-0.2, 0) is 20.7 Å². The van der Waals surface area contributed by atoms with Crippen LogP contribution in [0.4, 0.5) is 0 Å². The molecule has 1 N–H and O–H groups in total. The van der Waals surface area contributed by atoms with E-state index in [1.54, 1.807) is 6.92 Å². The van der Waals surface area contributed by atoms with Crippen molar-refractivity contribution in [3.8, 4) is 0 Å². The van der Waals surface area contributed by atoms with Crippen molar-refractivity contribution in [2.75, 3.05) is 6.61 Å². The van der Waals surface area contributed by atoms with Gasteiger partial charge in [0, 0.05) is 0 Å². The van der Waals surface area contributed by atoms with E-state index in [0.29, 0.717) is 6.42 Å². The minimum absolute atomic E-state index is 0.201. The second kappa shape index (κ2) is 6.68. The molecule has 1 atom stereocenters. The zero-order chi connectivity index (χ0) is 12.7. The summed E-state index contributed by atoms with van der Waals surface area (Å²) in [6.45, 7) is 1.97. The van der Waals surface area contributed by atoms with Crippen molar-refractivity contribution in [1.29, 1.82) is 0 Å². The van der Waals surface area contributed by atoms with Crippen molar-refractivity contribution >= 4 is 11.9 Å². The minimum atomic E-state index is -0.987. The number of rotatable bonds is 6. The lowest BCUT2D eigenvalue weighted by Crippen LogP contribution is -2.23. The Morgan fingerprint density at radius 2 is 1.94 bits per heavy atom. The Morgan fingerprint density at radius 3 is 2.47 bits per heavy atom. The van der Waals surface area contributed by atoms with E-state index in [1.165, 1.54) is 0 Å². The Kier molecular flexibility index (Phi) is 5.20. The smallest absolute Gasteiger partial charge is 0.309 e. The summed E-state index contributed by atoms with van der Waals surface area (Å²) in [6, 6.07) is 9.33. The summed E-state index contributed by atoms with van der Waals surface area (Å²) in [5, 5.41) is 8.77. The maximum Gasteiger partial charge on any atom is 0.309 e. The van der Waals surface area contributed by atoms with Crippen LogP contribution in [-0.4, -0.2) is 23.7 Å². The number of hydrogen-bond acceptors (Lipinski definition) is 3. The van der Waals surface area contributed by atoms with Crippen molar-refractivity contribution in [2.45, 2.75) is 19.8 Å². The first kappa shape index (κ1) is 13.2. The number of aliphatic carboxylic acids is 1. The molecular weight excluding hydrogens is 220 g/mol. The van der Waals surface area contributed by atoms with Gasteiger partial charge in [0.1, 0.15) is 0 Å². The predicted molar refractivity (Wildman–Crippen MR) is 62.5 cm³/mol. The van der Waals surface area contributed by atoms with E-state index in [2.05, 4.69) is 0 Å². The van der Waals surface area contributed by atoms with Crippen molar-refractivity contribution in [2.24, 2.45) is 5.92 Å². The fourth-order valence-corrected chi connectivity index (χ4v) is 1.61. The van der Waals surface area contributed by atoms with E-state index in [4.69, 9.17) is 9.84 Å². The van der Waals surface area contributed by atoms with Crippen LogP contribution in [0.25, 0.3) is 0 Å². The van der Waals surface area contributed by atoms with Crippen LogP contribution in [0.2, 0.25) is 0 Å². The van der Waals surface area contributed by atoms with E-state index < -0.39 is 17.9 Å². The number of carboxylic acid groups (broad SMARTS) is 1. The number of carbonyl (C=O) groups excluding carboxylic acids is 1. The van der Waals surface area contributed by atoms with Gasteiger partial charge < -0.3 is 9.84 Å². The summed E-state index contributed by atoms with van der Waals surface area (Å²) in [5.41, 5.74) is 0.937. The zero-order valence-corrected chi connectivity index (χ0v) is 9.76. The van der Waals surface area contributed by atoms with Gasteiger partial charge in [0.15, 0.2) is 0 Å². The topological polar surface area (TPSA) is 63.6 Å². The van der Waals surface area contributed by atoms with Gasteiger partial charge in [0.25, 0.3) is 0 Å². The Morgan fingerprint density at radius 1 is 1.29 bits per heavy atom. The van der Waals surface area contributed by atoms with E-state index in [9.17, 15) is 9.59 Å². The maximum atomic E-state index is 11.6. The third-order valence-corrected chi connectivity index (χ3v) is 2.37. The fraction of sp³-hybridized carbons (Fsp3) is 0.385. The number of ether oxygens (including phenoxy) is 1. The molecular formula is C13H16O4. The van der Waals surface area contributed by atoms with Crippen LogP contribution in [0.1, 0.15) is 18.9 Å². The molecule has 0 aromatic heterocycles. The van der Waals surface area contributed by atoms with Crippen LogP contribution in [0.3, 0.4) is 0 Å². The van der Waals surface area contributed by atoms with Gasteiger partial charge in [-0.05, 0) is 18.9 Å². The van der Waals surface area contributed by atoms with Crippen molar-refractivity contribution in [3.05, 3.63) is 35.9 Å². The lowest BCUT2D eigenvalue weighted by Gasteiger charge is -2.13. The van der Waals surface area contributed by atoms with Crippen LogP contribution in [0, 0.1) is 5.92 Å². The van der Waals surface area contributed by atoms with Gasteiger partial charge in [0.05, 0.1) is 18.9 Å². The van der Waals surface area contributed by atoms with E-state index >= 15 is 0 Å². The summed E-state index contributed by atoms with van der Waals surface area (Å²) >= 11 is 0. The first-order valence-corrected chi connectivity index (χ1v) is 5.55. The SMILES string of the molecule is CCOC(=O)[C@@H](CC(=O)O)Cc1ccccc1. The molecule has 0 aliphatic rings. The Balaban J connectivity index is 2.70. The van der Waals surface area contributed by atoms with Gasteiger partial charge in [-0.15, -0.1) is 0 Å². The van der Waals surface area contributed by atoms with Crippen molar-refractivity contribution in [3.63, 3.8) is 0 Å². The van der Waals surface area contributed by atoms with Gasteiger partial charge in [-0.25, -0.2) is 0 Å². The minimum Gasteiger partial charge on any atom is -0.481 e. The summed E-state index contributed by atoms with van der Waals surface area (Å²) in [5.74, 6) is -2.05. The third kappa shape index (κ3) is 4.68. The summed E-state index contributed by atoms with van der Waals surface area (Å²) in [4.78, 5) is 22.3. The first-order chi connectivity index (χ1) is 8.13. The molecule has 1 rings (SSSR count). The van der Waals surface area contributed by atoms with Crippen LogP contribution < -0.4 is 0 Å². The van der Waals surface area contributed by atoms with Crippen LogP contribution in [0.5, 0.6) is 0 Å². The predicted octanol–water partition coefficient (Wildman–Crippen LogP) is 1.88. The number of esters is 1. The lowest BCUT2D eigenvalue weighted by molar-refractivity contribution is -0.152. The molecule has 0 amide bonds. The van der Waals surface area contributed by atoms with E-state index in [0.717, 1.165) is 5.56 Å². The number of carboxylic acids is 1. The first-order valence-electron chi connectivity index (χ1n) is 5.55. The van der Waals surface area contributed by atoms with Gasteiger partial charge in [-0.1, -0.05) is 30.3 Å². The van der Waals surface area contributed by atoms with Gasteiger partial charge in [-0.3, -0.25) is 9.59 Å². The molecule has 0 radical (unpaired) electrons. The molecule has 17 heavy (non-hydrogen) atoms. The zero-order valence-electron chi connectivity index (χ0n) is 9.76. The lowest BCUT2D eigenvalue weighted by atomic mass is 9.96. The summed E-state index contributed by atoms with van der Waals surface area (Å²) in [6.07, 6.45) is 0.194. The number of benzene rings is 1. The molecule has 92 valence electrons. The molecule has 0 unspecified atom stereocenters. The largest absolute Gasteiger partial charge is 0.481 e. The monoisotopic (exact) mass is 236 g/mol. The highest BCUT2D eigenvalue weighted by Gasteiger charge is 2.23. The average molecular weight is 236 g/mol. The van der Waals surface area contributed by atoms with Crippen LogP contribution in [0.15, 0.2) is 30.3 Å². The number of hydrogen-bond donors (Lipinski definition) is 1. The van der Waals surface area contributed by atoms with Crippen molar-refractivity contribution < 1.29 is 19.4 Å². The summed E-state index contributed by atoms with van der Waals surface area (Å²) in [7, 11) is 0.